The molecule has 1 saturated heterocycles. The first-order valence-corrected chi connectivity index (χ1v) is 8.42. The molecule has 1 heterocycles. The van der Waals surface area contributed by atoms with Gasteiger partial charge in [0.1, 0.15) is 0 Å². The second-order valence-corrected chi connectivity index (χ2v) is 7.19. The molecule has 0 spiro atoms. The molecule has 19 heavy (non-hydrogen) atoms. The summed E-state index contributed by atoms with van der Waals surface area (Å²) in [6, 6.07) is 0. The van der Waals surface area contributed by atoms with Crippen LogP contribution in [-0.4, -0.2) is 54.6 Å². The van der Waals surface area contributed by atoms with Gasteiger partial charge in [-0.25, -0.2) is 0 Å². The number of piperazine rings is 1. The van der Waals surface area contributed by atoms with E-state index in [0.717, 1.165) is 18.4 Å². The molecule has 1 aliphatic heterocycles. The first kappa shape index (κ1) is 13.8. The van der Waals surface area contributed by atoms with Crippen LogP contribution in [0.4, 0.5) is 0 Å². The highest BCUT2D eigenvalue weighted by Gasteiger charge is 2.43. The summed E-state index contributed by atoms with van der Waals surface area (Å²) in [4.78, 5) is 5.44. The molecule has 0 aromatic carbocycles. The van der Waals surface area contributed by atoms with Gasteiger partial charge in [-0.15, -0.1) is 0 Å². The molecule has 3 nitrogen and oxygen atoms in total. The Bertz CT molecular complexity index is 294. The maximum Gasteiger partial charge on any atom is 0.0358 e. The van der Waals surface area contributed by atoms with Gasteiger partial charge in [-0.2, -0.15) is 0 Å². The van der Waals surface area contributed by atoms with Gasteiger partial charge < -0.3 is 10.6 Å². The lowest BCUT2D eigenvalue weighted by Gasteiger charge is -2.52. The second-order valence-electron chi connectivity index (χ2n) is 7.19. The van der Waals surface area contributed by atoms with Crippen molar-refractivity contribution in [1.29, 1.82) is 0 Å². The van der Waals surface area contributed by atoms with E-state index in [2.05, 4.69) is 16.7 Å². The highest BCUT2D eigenvalue weighted by molar-refractivity contribution is 5.00. The van der Waals surface area contributed by atoms with E-state index >= 15 is 0 Å². The molecule has 0 amide bonds. The molecule has 0 bridgehead atoms. The number of nitrogens with two attached hydrogens (primary N) is 1. The number of hydrogen-bond acceptors (Lipinski definition) is 3. The van der Waals surface area contributed by atoms with Crippen LogP contribution in [0, 0.1) is 11.8 Å². The van der Waals surface area contributed by atoms with Crippen molar-refractivity contribution in [2.75, 3.05) is 39.3 Å². The highest BCUT2D eigenvalue weighted by Crippen LogP contribution is 2.38. The summed E-state index contributed by atoms with van der Waals surface area (Å²) in [5, 5.41) is 0. The quantitative estimate of drug-likeness (QED) is 0.843. The van der Waals surface area contributed by atoms with Crippen molar-refractivity contribution < 1.29 is 0 Å². The topological polar surface area (TPSA) is 32.5 Å². The first-order valence-electron chi connectivity index (χ1n) is 8.42. The van der Waals surface area contributed by atoms with Gasteiger partial charge in [-0.05, 0) is 37.5 Å². The Morgan fingerprint density at radius 1 is 1.05 bits per heavy atom. The molecule has 0 aromatic rings. The van der Waals surface area contributed by atoms with Crippen molar-refractivity contribution >= 4 is 0 Å². The summed E-state index contributed by atoms with van der Waals surface area (Å²) in [5.41, 5.74) is 6.55. The minimum Gasteiger partial charge on any atom is -0.329 e. The van der Waals surface area contributed by atoms with E-state index in [4.69, 9.17) is 5.73 Å². The van der Waals surface area contributed by atoms with E-state index in [0.29, 0.717) is 5.54 Å². The fourth-order valence-electron chi connectivity index (χ4n) is 4.34. The molecule has 0 radical (unpaired) electrons. The van der Waals surface area contributed by atoms with Crippen LogP contribution in [0.25, 0.3) is 0 Å². The summed E-state index contributed by atoms with van der Waals surface area (Å²) < 4.78 is 0. The second kappa shape index (κ2) is 5.71. The SMILES string of the molecule is CC1CCCCC1(CN)N1CCN(CC2CC2)CC1. The Labute approximate surface area is 118 Å². The van der Waals surface area contributed by atoms with Crippen LogP contribution in [0.1, 0.15) is 45.4 Å². The van der Waals surface area contributed by atoms with E-state index in [1.54, 1.807) is 0 Å². The minimum atomic E-state index is 0.323. The zero-order valence-corrected chi connectivity index (χ0v) is 12.6. The summed E-state index contributed by atoms with van der Waals surface area (Å²) in [6.07, 6.45) is 8.44. The molecule has 3 aliphatic rings. The van der Waals surface area contributed by atoms with Crippen LogP contribution < -0.4 is 5.73 Å². The van der Waals surface area contributed by atoms with Gasteiger partial charge in [0, 0.05) is 44.8 Å². The Morgan fingerprint density at radius 3 is 2.37 bits per heavy atom. The van der Waals surface area contributed by atoms with Crippen molar-refractivity contribution in [2.45, 2.75) is 51.0 Å². The third kappa shape index (κ3) is 2.84. The Morgan fingerprint density at radius 2 is 1.79 bits per heavy atom. The first-order chi connectivity index (χ1) is 9.24. The largest absolute Gasteiger partial charge is 0.329 e. The van der Waals surface area contributed by atoms with E-state index in [1.165, 1.54) is 71.2 Å². The Balaban J connectivity index is 1.58. The van der Waals surface area contributed by atoms with Gasteiger partial charge in [-0.3, -0.25) is 4.90 Å². The predicted molar refractivity (Wildman–Crippen MR) is 80.2 cm³/mol. The number of nitrogens with zero attached hydrogens (tertiary/aromatic N) is 2. The normalized spacial score (nSPS) is 38.5. The summed E-state index contributed by atoms with van der Waals surface area (Å²) >= 11 is 0. The summed E-state index contributed by atoms with van der Waals surface area (Å²) in [7, 11) is 0. The van der Waals surface area contributed by atoms with Crippen molar-refractivity contribution in [2.24, 2.45) is 17.6 Å². The molecule has 2 atom stereocenters. The molecule has 2 saturated carbocycles. The van der Waals surface area contributed by atoms with Crippen LogP contribution in [0.3, 0.4) is 0 Å². The average molecular weight is 265 g/mol. The van der Waals surface area contributed by atoms with Crippen molar-refractivity contribution in [3.05, 3.63) is 0 Å². The van der Waals surface area contributed by atoms with Gasteiger partial charge in [0.25, 0.3) is 0 Å². The molecule has 0 aromatic heterocycles. The summed E-state index contributed by atoms with van der Waals surface area (Å²) in [5.74, 6) is 1.81. The van der Waals surface area contributed by atoms with Gasteiger partial charge >= 0.3 is 0 Å². The van der Waals surface area contributed by atoms with E-state index in [1.807, 2.05) is 0 Å². The standard InChI is InChI=1S/C16H31N3/c1-14-4-2-3-7-16(14,13-17)19-10-8-18(9-11-19)12-15-5-6-15/h14-15H,2-13,17H2,1H3. The lowest BCUT2D eigenvalue weighted by atomic mass is 9.72. The van der Waals surface area contributed by atoms with Crippen molar-refractivity contribution in [3.8, 4) is 0 Å². The van der Waals surface area contributed by atoms with Crippen molar-refractivity contribution in [3.63, 3.8) is 0 Å². The predicted octanol–water partition coefficient (Wildman–Crippen LogP) is 1.92. The number of rotatable bonds is 4. The minimum absolute atomic E-state index is 0.323. The van der Waals surface area contributed by atoms with Gasteiger partial charge in [-0.1, -0.05) is 19.8 Å². The van der Waals surface area contributed by atoms with Gasteiger partial charge in [0.15, 0.2) is 0 Å². The lowest BCUT2D eigenvalue weighted by Crippen LogP contribution is -2.64. The van der Waals surface area contributed by atoms with E-state index in [-0.39, 0.29) is 0 Å². The third-order valence-electron chi connectivity index (χ3n) is 5.98. The third-order valence-corrected chi connectivity index (χ3v) is 5.98. The lowest BCUT2D eigenvalue weighted by molar-refractivity contribution is -0.0198. The fraction of sp³-hybridized carbons (Fsp3) is 1.00. The molecule has 2 aliphatic carbocycles. The van der Waals surface area contributed by atoms with Gasteiger partial charge in [0.2, 0.25) is 0 Å². The molecular weight excluding hydrogens is 234 g/mol. The zero-order valence-electron chi connectivity index (χ0n) is 12.6. The molecule has 3 heteroatoms. The van der Waals surface area contributed by atoms with Crippen molar-refractivity contribution in [1.82, 2.24) is 9.80 Å². The van der Waals surface area contributed by atoms with Gasteiger partial charge in [0.05, 0.1) is 0 Å². The van der Waals surface area contributed by atoms with Crippen LogP contribution >= 0.6 is 0 Å². The molecule has 2 unspecified atom stereocenters. The number of hydrogen-bond donors (Lipinski definition) is 1. The average Bonchev–Trinajstić information content (AvgIpc) is 3.25. The molecule has 3 rings (SSSR count). The molecule has 110 valence electrons. The highest BCUT2D eigenvalue weighted by atomic mass is 15.3. The molecule has 2 N–H and O–H groups in total. The van der Waals surface area contributed by atoms with Crippen LogP contribution in [0.2, 0.25) is 0 Å². The Hall–Kier alpha value is -0.120. The smallest absolute Gasteiger partial charge is 0.0358 e. The van der Waals surface area contributed by atoms with E-state index in [9.17, 15) is 0 Å². The van der Waals surface area contributed by atoms with Crippen LogP contribution in [-0.2, 0) is 0 Å². The van der Waals surface area contributed by atoms with Crippen LogP contribution in [0.15, 0.2) is 0 Å². The monoisotopic (exact) mass is 265 g/mol. The van der Waals surface area contributed by atoms with Crippen LogP contribution in [0.5, 0.6) is 0 Å². The zero-order chi connectivity index (χ0) is 13.3. The fourth-order valence-corrected chi connectivity index (χ4v) is 4.34. The molecule has 3 fully saturated rings. The van der Waals surface area contributed by atoms with E-state index < -0.39 is 0 Å². The molecular formula is C16H31N3. The maximum absolute atomic E-state index is 6.23. The maximum atomic E-state index is 6.23. The Kier molecular flexibility index (Phi) is 4.16. The summed E-state index contributed by atoms with van der Waals surface area (Å²) in [6.45, 7) is 9.68.